The van der Waals surface area contributed by atoms with Crippen molar-refractivity contribution in [2.75, 3.05) is 5.32 Å². The Morgan fingerprint density at radius 2 is 1.90 bits per heavy atom. The Labute approximate surface area is 178 Å². The maximum Gasteiger partial charge on any atom is 0.270 e. The van der Waals surface area contributed by atoms with Gasteiger partial charge in [0.2, 0.25) is 5.70 Å². The Morgan fingerprint density at radius 1 is 1.17 bits per heavy atom. The lowest BCUT2D eigenvalue weighted by Gasteiger charge is -2.17. The molecule has 3 aromatic rings. The number of non-ortho nitro benzene ring substituents is 1. The summed E-state index contributed by atoms with van der Waals surface area (Å²) >= 11 is 5.53. The van der Waals surface area contributed by atoms with Crippen LogP contribution in [0, 0.1) is 17.0 Å². The summed E-state index contributed by atoms with van der Waals surface area (Å²) in [5.74, 6) is -0.483. The van der Waals surface area contributed by atoms with Crippen molar-refractivity contribution >= 4 is 40.0 Å². The molecule has 0 aliphatic heterocycles. The highest BCUT2D eigenvalue weighted by atomic mass is 32.1. The van der Waals surface area contributed by atoms with E-state index >= 15 is 0 Å². The molecule has 0 amide bonds. The Kier molecular flexibility index (Phi) is 6.51. The van der Waals surface area contributed by atoms with E-state index in [2.05, 4.69) is 5.32 Å². The highest BCUT2D eigenvalue weighted by Gasteiger charge is 2.20. The summed E-state index contributed by atoms with van der Waals surface area (Å²) in [7, 11) is 0. The van der Waals surface area contributed by atoms with Gasteiger partial charge in [-0.25, -0.2) is 0 Å². The highest BCUT2D eigenvalue weighted by Crippen LogP contribution is 2.21. The van der Waals surface area contributed by atoms with Crippen molar-refractivity contribution in [2.45, 2.75) is 13.5 Å². The topological polar surface area (TPSA) is 102 Å². The summed E-state index contributed by atoms with van der Waals surface area (Å²) in [5, 5.41) is 37.0. The number of nitrogens with one attached hydrogen (secondary N) is 1. The molecular formula is C22H19N3O4S. The molecule has 0 atom stereocenters. The van der Waals surface area contributed by atoms with Crippen LogP contribution in [0.2, 0.25) is 0 Å². The molecule has 2 aromatic carbocycles. The number of aliphatic hydroxyl groups excluding tert-OH is 1. The minimum atomic E-state index is -0.557. The molecule has 30 heavy (non-hydrogen) atoms. The molecule has 1 heterocycles. The number of nitrogens with zero attached hydrogens (tertiary/aromatic N) is 2. The Balaban J connectivity index is 2.11. The molecule has 0 bridgehead atoms. The smallest absolute Gasteiger partial charge is 0.270 e. The lowest BCUT2D eigenvalue weighted by Crippen LogP contribution is -2.40. The average molecular weight is 421 g/mol. The predicted octanol–water partition coefficient (Wildman–Crippen LogP) is 2.81. The largest absolute Gasteiger partial charge is 0.867 e. The first kappa shape index (κ1) is 21.1. The van der Waals surface area contributed by atoms with Gasteiger partial charge in [-0.05, 0) is 36.4 Å². The van der Waals surface area contributed by atoms with Crippen molar-refractivity contribution in [3.05, 3.63) is 99.9 Å². The standard InChI is InChI=1S/C22H19N3O4S/c1-15-7-9-18(10-8-15)23-22(30)20(24-11-3-4-16(13-24)14-26)21(27)17-5-2-6-19(12-17)25(28)29/h2-13,26H,14H2,1H3,(H-,23,27,30). The van der Waals surface area contributed by atoms with Gasteiger partial charge in [0.1, 0.15) is 0 Å². The minimum absolute atomic E-state index is 0.112. The minimum Gasteiger partial charge on any atom is -0.867 e. The lowest BCUT2D eigenvalue weighted by atomic mass is 10.1. The van der Waals surface area contributed by atoms with Crippen LogP contribution in [0.25, 0.3) is 11.5 Å². The highest BCUT2D eigenvalue weighted by molar-refractivity contribution is 7.81. The van der Waals surface area contributed by atoms with Gasteiger partial charge in [-0.1, -0.05) is 42.0 Å². The molecule has 0 fully saturated rings. The van der Waals surface area contributed by atoms with Crippen molar-refractivity contribution < 1.29 is 19.7 Å². The van der Waals surface area contributed by atoms with E-state index in [-0.39, 0.29) is 28.5 Å². The summed E-state index contributed by atoms with van der Waals surface area (Å²) in [6.45, 7) is 1.75. The number of rotatable bonds is 6. The van der Waals surface area contributed by atoms with Crippen LogP contribution in [0.5, 0.6) is 0 Å². The van der Waals surface area contributed by atoms with Crippen molar-refractivity contribution in [1.29, 1.82) is 0 Å². The molecule has 7 nitrogen and oxygen atoms in total. The molecule has 0 saturated carbocycles. The number of thiocarbonyl (C=S) groups is 1. The van der Waals surface area contributed by atoms with Crippen LogP contribution in [0.1, 0.15) is 16.7 Å². The van der Waals surface area contributed by atoms with E-state index in [1.807, 2.05) is 31.2 Å². The molecule has 0 spiro atoms. The second-order valence-electron chi connectivity index (χ2n) is 6.58. The second kappa shape index (κ2) is 9.25. The van der Waals surface area contributed by atoms with Gasteiger partial charge in [0.05, 0.1) is 11.5 Å². The van der Waals surface area contributed by atoms with Crippen LogP contribution in [0.15, 0.2) is 73.1 Å². The Hall–Kier alpha value is -3.62. The third-order valence-corrected chi connectivity index (χ3v) is 4.66. The van der Waals surface area contributed by atoms with Crippen molar-refractivity contribution in [3.63, 3.8) is 0 Å². The molecule has 0 aliphatic carbocycles. The molecule has 8 heteroatoms. The molecule has 152 valence electrons. The van der Waals surface area contributed by atoms with Crippen LogP contribution in [0.4, 0.5) is 11.4 Å². The number of hydrogen-bond donors (Lipinski definition) is 2. The first-order valence-corrected chi connectivity index (χ1v) is 9.45. The molecule has 0 aliphatic rings. The number of benzene rings is 2. The van der Waals surface area contributed by atoms with Gasteiger partial charge in [0.15, 0.2) is 17.4 Å². The van der Waals surface area contributed by atoms with E-state index in [0.717, 1.165) is 5.56 Å². The fraction of sp³-hybridized carbons (Fsp3) is 0.0909. The molecular weight excluding hydrogens is 402 g/mol. The molecule has 0 saturated heterocycles. The van der Waals surface area contributed by atoms with E-state index in [4.69, 9.17) is 12.2 Å². The maximum atomic E-state index is 13.3. The van der Waals surface area contributed by atoms with Crippen molar-refractivity contribution in [2.24, 2.45) is 0 Å². The first-order chi connectivity index (χ1) is 14.4. The average Bonchev–Trinajstić information content (AvgIpc) is 2.75. The molecule has 2 N–H and O–H groups in total. The second-order valence-corrected chi connectivity index (χ2v) is 6.99. The molecule has 1 aromatic heterocycles. The van der Waals surface area contributed by atoms with Crippen LogP contribution >= 0.6 is 12.2 Å². The quantitative estimate of drug-likeness (QED) is 0.158. The predicted molar refractivity (Wildman–Crippen MR) is 116 cm³/mol. The fourth-order valence-corrected chi connectivity index (χ4v) is 3.13. The monoisotopic (exact) mass is 421 g/mol. The van der Waals surface area contributed by atoms with Crippen LogP contribution < -0.4 is 15.0 Å². The van der Waals surface area contributed by atoms with E-state index < -0.39 is 10.7 Å². The number of nitro groups is 1. The van der Waals surface area contributed by atoms with Gasteiger partial charge in [0, 0.05) is 29.4 Å². The number of aromatic nitrogens is 1. The molecule has 0 unspecified atom stereocenters. The summed E-state index contributed by atoms with van der Waals surface area (Å²) in [6.07, 6.45) is 3.22. The van der Waals surface area contributed by atoms with E-state index in [1.165, 1.54) is 28.8 Å². The SMILES string of the molecule is Cc1ccc(NC(=S)/C(=C(\[O-])c2cccc([N+](=O)[O-])c2)[n+]2cccc(CO)c2)cc1. The summed E-state index contributed by atoms with van der Waals surface area (Å²) in [5.41, 5.74) is 2.42. The third-order valence-electron chi connectivity index (χ3n) is 4.36. The van der Waals surface area contributed by atoms with Crippen molar-refractivity contribution in [1.82, 2.24) is 0 Å². The van der Waals surface area contributed by atoms with Gasteiger partial charge < -0.3 is 15.5 Å². The Morgan fingerprint density at radius 3 is 2.57 bits per heavy atom. The fourth-order valence-electron chi connectivity index (χ4n) is 2.82. The van der Waals surface area contributed by atoms with Gasteiger partial charge in [-0.15, -0.1) is 0 Å². The van der Waals surface area contributed by atoms with E-state index in [0.29, 0.717) is 11.3 Å². The number of anilines is 1. The number of nitro benzene ring substituents is 1. The summed E-state index contributed by atoms with van der Waals surface area (Å²) < 4.78 is 1.51. The normalized spacial score (nSPS) is 11.5. The maximum absolute atomic E-state index is 13.3. The zero-order valence-electron chi connectivity index (χ0n) is 16.1. The van der Waals surface area contributed by atoms with Crippen LogP contribution in [0.3, 0.4) is 0 Å². The number of hydrogen-bond acceptors (Lipinski definition) is 5. The van der Waals surface area contributed by atoms with Gasteiger partial charge >= 0.3 is 0 Å². The van der Waals surface area contributed by atoms with Crippen molar-refractivity contribution in [3.8, 4) is 0 Å². The zero-order chi connectivity index (χ0) is 21.7. The lowest BCUT2D eigenvalue weighted by molar-refractivity contribution is -0.578. The number of aliphatic hydroxyl groups is 1. The van der Waals surface area contributed by atoms with Crippen LogP contribution in [-0.4, -0.2) is 15.0 Å². The van der Waals surface area contributed by atoms with Crippen LogP contribution in [-0.2, 0) is 6.61 Å². The molecule has 3 rings (SSSR count). The van der Waals surface area contributed by atoms with Gasteiger partial charge in [0.25, 0.3) is 5.69 Å². The summed E-state index contributed by atoms with van der Waals surface area (Å²) in [6, 6.07) is 16.4. The number of pyridine rings is 1. The molecule has 0 radical (unpaired) electrons. The van der Waals surface area contributed by atoms with E-state index in [1.54, 1.807) is 24.5 Å². The first-order valence-electron chi connectivity index (χ1n) is 9.04. The third kappa shape index (κ3) is 4.86. The van der Waals surface area contributed by atoms with Gasteiger partial charge in [-0.3, -0.25) is 10.1 Å². The summed E-state index contributed by atoms with van der Waals surface area (Å²) in [4.78, 5) is 10.7. The Bertz CT molecular complexity index is 1130. The number of aryl methyl sites for hydroxylation is 1. The zero-order valence-corrected chi connectivity index (χ0v) is 16.9. The van der Waals surface area contributed by atoms with Gasteiger partial charge in [-0.2, -0.15) is 4.57 Å². The van der Waals surface area contributed by atoms with E-state index in [9.17, 15) is 20.3 Å².